The first-order chi connectivity index (χ1) is 8.34. The predicted octanol–water partition coefficient (Wildman–Crippen LogP) is 3.43. The van der Waals surface area contributed by atoms with Gasteiger partial charge < -0.3 is 10.1 Å². The largest absolute Gasteiger partial charge is 0.380 e. The van der Waals surface area contributed by atoms with Gasteiger partial charge >= 0.3 is 0 Å². The molecule has 1 saturated heterocycles. The van der Waals surface area contributed by atoms with Crippen LogP contribution in [-0.2, 0) is 11.3 Å². The molecule has 17 heavy (non-hydrogen) atoms. The Balaban J connectivity index is 1.78. The van der Waals surface area contributed by atoms with Gasteiger partial charge in [-0.1, -0.05) is 29.8 Å². The van der Waals surface area contributed by atoms with Crippen molar-refractivity contribution >= 4 is 33.0 Å². The van der Waals surface area contributed by atoms with Crippen LogP contribution < -0.4 is 5.32 Å². The number of hydrogen-bond donors (Lipinski definition) is 1. The zero-order valence-electron chi connectivity index (χ0n) is 9.41. The molecule has 3 rings (SSSR count). The Morgan fingerprint density at radius 1 is 1.41 bits per heavy atom. The van der Waals surface area contributed by atoms with Gasteiger partial charge in [0.25, 0.3) is 0 Å². The molecule has 0 amide bonds. The van der Waals surface area contributed by atoms with Gasteiger partial charge in [0.05, 0.1) is 11.6 Å². The van der Waals surface area contributed by atoms with E-state index in [2.05, 4.69) is 23.5 Å². The molecule has 90 valence electrons. The number of benzene rings is 1. The molecule has 0 radical (unpaired) electrons. The second-order valence-corrected chi connectivity index (χ2v) is 5.79. The number of halogens is 1. The fourth-order valence-corrected chi connectivity index (χ4v) is 3.56. The molecule has 0 bridgehead atoms. The van der Waals surface area contributed by atoms with Crippen molar-refractivity contribution in [3.8, 4) is 0 Å². The van der Waals surface area contributed by atoms with Gasteiger partial charge in [0, 0.05) is 34.2 Å². The minimum absolute atomic E-state index is 0.483. The molecule has 2 nitrogen and oxygen atoms in total. The number of hydrogen-bond acceptors (Lipinski definition) is 3. The van der Waals surface area contributed by atoms with Gasteiger partial charge in [0.1, 0.15) is 0 Å². The van der Waals surface area contributed by atoms with E-state index in [0.29, 0.717) is 6.04 Å². The maximum atomic E-state index is 6.38. The van der Waals surface area contributed by atoms with Crippen molar-refractivity contribution in [1.29, 1.82) is 0 Å². The summed E-state index contributed by atoms with van der Waals surface area (Å²) in [5.41, 5.74) is 0. The summed E-state index contributed by atoms with van der Waals surface area (Å²) in [6.45, 7) is 2.53. The van der Waals surface area contributed by atoms with E-state index >= 15 is 0 Å². The first-order valence-electron chi connectivity index (χ1n) is 5.81. The second-order valence-electron chi connectivity index (χ2n) is 4.28. The lowest BCUT2D eigenvalue weighted by Gasteiger charge is -2.08. The summed E-state index contributed by atoms with van der Waals surface area (Å²) < 4.78 is 6.60. The molecule has 0 saturated carbocycles. The van der Waals surface area contributed by atoms with Crippen molar-refractivity contribution < 1.29 is 4.74 Å². The van der Waals surface area contributed by atoms with E-state index in [4.69, 9.17) is 16.3 Å². The Bertz CT molecular complexity index is 519. The van der Waals surface area contributed by atoms with Crippen LogP contribution in [0.3, 0.4) is 0 Å². The Morgan fingerprint density at radius 2 is 2.29 bits per heavy atom. The van der Waals surface area contributed by atoms with Crippen molar-refractivity contribution in [3.63, 3.8) is 0 Å². The fourth-order valence-electron chi connectivity index (χ4n) is 2.11. The highest BCUT2D eigenvalue weighted by atomic mass is 35.5. The summed E-state index contributed by atoms with van der Waals surface area (Å²) in [5, 5.41) is 5.57. The van der Waals surface area contributed by atoms with Crippen LogP contribution in [0.1, 0.15) is 11.3 Å². The lowest BCUT2D eigenvalue weighted by Crippen LogP contribution is -2.28. The van der Waals surface area contributed by atoms with Gasteiger partial charge in [-0.05, 0) is 12.5 Å². The van der Waals surface area contributed by atoms with Gasteiger partial charge in [-0.2, -0.15) is 0 Å². The van der Waals surface area contributed by atoms with Crippen LogP contribution in [-0.4, -0.2) is 19.3 Å². The number of rotatable bonds is 3. The van der Waals surface area contributed by atoms with Crippen molar-refractivity contribution in [2.24, 2.45) is 0 Å². The molecular weight excluding hydrogens is 254 g/mol. The van der Waals surface area contributed by atoms with E-state index in [1.807, 2.05) is 6.07 Å². The lowest BCUT2D eigenvalue weighted by atomic mass is 10.2. The van der Waals surface area contributed by atoms with Gasteiger partial charge in [0.2, 0.25) is 0 Å². The smallest absolute Gasteiger partial charge is 0.0636 e. The summed E-state index contributed by atoms with van der Waals surface area (Å²) in [6.07, 6.45) is 1.10. The molecule has 1 aliphatic heterocycles. The zero-order valence-corrected chi connectivity index (χ0v) is 11.0. The third-order valence-corrected chi connectivity index (χ3v) is 4.80. The minimum atomic E-state index is 0.483. The number of nitrogens with one attached hydrogen (secondary N) is 1. The first kappa shape index (κ1) is 11.5. The van der Waals surface area contributed by atoms with Crippen LogP contribution in [0.4, 0.5) is 0 Å². The fraction of sp³-hybridized carbons (Fsp3) is 0.385. The minimum Gasteiger partial charge on any atom is -0.380 e. The van der Waals surface area contributed by atoms with E-state index in [1.54, 1.807) is 11.3 Å². The summed E-state index contributed by atoms with van der Waals surface area (Å²) in [7, 11) is 0. The highest BCUT2D eigenvalue weighted by Gasteiger charge is 2.16. The van der Waals surface area contributed by atoms with Gasteiger partial charge in [0.15, 0.2) is 0 Å². The average molecular weight is 268 g/mol. The van der Waals surface area contributed by atoms with E-state index in [-0.39, 0.29) is 0 Å². The molecule has 1 atom stereocenters. The quantitative estimate of drug-likeness (QED) is 0.920. The summed E-state index contributed by atoms with van der Waals surface area (Å²) in [6, 6.07) is 8.76. The molecule has 1 aromatic heterocycles. The molecule has 0 spiro atoms. The Morgan fingerprint density at radius 3 is 3.06 bits per heavy atom. The summed E-state index contributed by atoms with van der Waals surface area (Å²) in [4.78, 5) is 1.22. The van der Waals surface area contributed by atoms with E-state index in [9.17, 15) is 0 Å². The topological polar surface area (TPSA) is 21.3 Å². The van der Waals surface area contributed by atoms with Crippen LogP contribution in [0.25, 0.3) is 10.1 Å². The summed E-state index contributed by atoms with van der Waals surface area (Å²) in [5.74, 6) is 0. The van der Waals surface area contributed by atoms with Crippen LogP contribution in [0, 0.1) is 0 Å². The molecule has 1 N–H and O–H groups in total. The standard InChI is InChI=1S/C13H14ClNOS/c14-13-10-3-1-2-4-11(10)17-12(13)7-15-9-5-6-16-8-9/h1-4,9,15H,5-8H2. The average Bonchev–Trinajstić information content (AvgIpc) is 2.96. The van der Waals surface area contributed by atoms with Crippen molar-refractivity contribution in [1.82, 2.24) is 5.32 Å². The maximum Gasteiger partial charge on any atom is 0.0636 e. The van der Waals surface area contributed by atoms with Crippen molar-refractivity contribution in [2.45, 2.75) is 19.0 Å². The SMILES string of the molecule is Clc1c(CNC2CCOC2)sc2ccccc12. The summed E-state index contributed by atoms with van der Waals surface area (Å²) >= 11 is 8.15. The van der Waals surface area contributed by atoms with Gasteiger partial charge in [-0.15, -0.1) is 11.3 Å². The molecular formula is C13H14ClNOS. The Kier molecular flexibility index (Phi) is 3.34. The number of fused-ring (bicyclic) bond motifs is 1. The van der Waals surface area contributed by atoms with E-state index < -0.39 is 0 Å². The number of thiophene rings is 1. The predicted molar refractivity (Wildman–Crippen MR) is 72.9 cm³/mol. The van der Waals surface area contributed by atoms with Crippen LogP contribution in [0.15, 0.2) is 24.3 Å². The van der Waals surface area contributed by atoms with Crippen LogP contribution in [0.2, 0.25) is 5.02 Å². The molecule has 1 unspecified atom stereocenters. The van der Waals surface area contributed by atoms with Gasteiger partial charge in [-0.25, -0.2) is 0 Å². The molecule has 1 aromatic carbocycles. The van der Waals surface area contributed by atoms with Gasteiger partial charge in [-0.3, -0.25) is 0 Å². The van der Waals surface area contributed by atoms with Crippen molar-refractivity contribution in [3.05, 3.63) is 34.2 Å². The maximum absolute atomic E-state index is 6.38. The van der Waals surface area contributed by atoms with Crippen LogP contribution >= 0.6 is 22.9 Å². The van der Waals surface area contributed by atoms with E-state index in [0.717, 1.165) is 31.2 Å². The molecule has 4 heteroatoms. The lowest BCUT2D eigenvalue weighted by molar-refractivity contribution is 0.190. The molecule has 0 aliphatic carbocycles. The molecule has 2 heterocycles. The van der Waals surface area contributed by atoms with E-state index in [1.165, 1.54) is 15.0 Å². The molecule has 1 fully saturated rings. The third-order valence-electron chi connectivity index (χ3n) is 3.08. The normalized spacial score (nSPS) is 20.2. The Hall–Kier alpha value is -0.610. The molecule has 1 aliphatic rings. The monoisotopic (exact) mass is 267 g/mol. The zero-order chi connectivity index (χ0) is 11.7. The third kappa shape index (κ3) is 2.33. The molecule has 2 aromatic rings. The Labute approximate surface area is 110 Å². The number of ether oxygens (including phenoxy) is 1. The highest BCUT2D eigenvalue weighted by Crippen LogP contribution is 2.35. The van der Waals surface area contributed by atoms with Crippen LogP contribution in [0.5, 0.6) is 0 Å². The second kappa shape index (κ2) is 4.94. The highest BCUT2D eigenvalue weighted by molar-refractivity contribution is 7.19. The van der Waals surface area contributed by atoms with Crippen molar-refractivity contribution in [2.75, 3.05) is 13.2 Å². The first-order valence-corrected chi connectivity index (χ1v) is 7.01.